The first kappa shape index (κ1) is 13.2. The predicted octanol–water partition coefficient (Wildman–Crippen LogP) is 2.79. The Labute approximate surface area is 112 Å². The lowest BCUT2D eigenvalue weighted by molar-refractivity contribution is 0.632. The number of pyridine rings is 1. The first-order valence-electron chi connectivity index (χ1n) is 6.26. The van der Waals surface area contributed by atoms with Crippen molar-refractivity contribution in [1.29, 1.82) is 0 Å². The summed E-state index contributed by atoms with van der Waals surface area (Å²) in [4.78, 5) is 10.3. The molecule has 2 aromatic rings. The lowest BCUT2D eigenvalue weighted by Crippen LogP contribution is -2.02. The topological polar surface area (TPSA) is 51.8 Å². The van der Waals surface area contributed by atoms with E-state index in [0.717, 1.165) is 23.5 Å². The number of nitrogens with zero attached hydrogens (tertiary/aromatic N) is 2. The van der Waals surface area contributed by atoms with E-state index in [0.29, 0.717) is 12.5 Å². The average molecular weight is 261 g/mol. The number of thiazole rings is 1. The Balaban J connectivity index is 2.17. The minimum absolute atomic E-state index is 0.585. The summed E-state index contributed by atoms with van der Waals surface area (Å²) >= 11 is 1.72. The molecule has 0 saturated carbocycles. The van der Waals surface area contributed by atoms with Crippen molar-refractivity contribution < 1.29 is 0 Å². The first-order valence-corrected chi connectivity index (χ1v) is 7.08. The van der Waals surface area contributed by atoms with Gasteiger partial charge in [0, 0.05) is 29.7 Å². The summed E-state index contributed by atoms with van der Waals surface area (Å²) in [5.41, 5.74) is 8.02. The molecule has 0 unspecified atom stereocenters. The fraction of sp³-hybridized carbons (Fsp3) is 0.429. The largest absolute Gasteiger partial charge is 0.326 e. The minimum atomic E-state index is 0.585. The maximum atomic E-state index is 5.79. The highest BCUT2D eigenvalue weighted by Gasteiger charge is 2.12. The highest BCUT2D eigenvalue weighted by atomic mass is 32.1. The Morgan fingerprint density at radius 1 is 1.33 bits per heavy atom. The lowest BCUT2D eigenvalue weighted by Gasteiger charge is -2.02. The standard InChI is InChI=1S/C14H19N3S/c1-10(2)7-12-13(9-15)18-14(17-12)8-11-5-3-4-6-16-11/h3-6,10H,7-9,15H2,1-2H3. The second kappa shape index (κ2) is 6.07. The van der Waals surface area contributed by atoms with Gasteiger partial charge < -0.3 is 5.73 Å². The Morgan fingerprint density at radius 3 is 2.78 bits per heavy atom. The Bertz CT molecular complexity index is 491. The van der Waals surface area contributed by atoms with E-state index in [2.05, 4.69) is 18.8 Å². The fourth-order valence-corrected chi connectivity index (χ4v) is 2.87. The van der Waals surface area contributed by atoms with E-state index < -0.39 is 0 Å². The van der Waals surface area contributed by atoms with Crippen LogP contribution in [0.15, 0.2) is 24.4 Å². The van der Waals surface area contributed by atoms with Gasteiger partial charge in [0.25, 0.3) is 0 Å². The molecule has 3 nitrogen and oxygen atoms in total. The van der Waals surface area contributed by atoms with Gasteiger partial charge >= 0.3 is 0 Å². The van der Waals surface area contributed by atoms with Gasteiger partial charge in [-0.2, -0.15) is 0 Å². The molecule has 0 fully saturated rings. The molecule has 0 aliphatic heterocycles. The number of hydrogen-bond donors (Lipinski definition) is 1. The zero-order chi connectivity index (χ0) is 13.0. The summed E-state index contributed by atoms with van der Waals surface area (Å²) in [5, 5.41) is 1.12. The average Bonchev–Trinajstić information content (AvgIpc) is 2.71. The van der Waals surface area contributed by atoms with Crippen LogP contribution in [0.5, 0.6) is 0 Å². The smallest absolute Gasteiger partial charge is 0.0991 e. The second-order valence-electron chi connectivity index (χ2n) is 4.78. The van der Waals surface area contributed by atoms with Crippen molar-refractivity contribution in [3.05, 3.63) is 45.7 Å². The molecule has 0 atom stereocenters. The molecular weight excluding hydrogens is 242 g/mol. The van der Waals surface area contributed by atoms with Gasteiger partial charge in [-0.05, 0) is 24.5 Å². The molecule has 0 aliphatic rings. The zero-order valence-electron chi connectivity index (χ0n) is 10.9. The van der Waals surface area contributed by atoms with Crippen LogP contribution in [0.3, 0.4) is 0 Å². The van der Waals surface area contributed by atoms with E-state index in [1.807, 2.05) is 24.4 Å². The number of rotatable bonds is 5. The number of aromatic nitrogens is 2. The highest BCUT2D eigenvalue weighted by molar-refractivity contribution is 7.11. The van der Waals surface area contributed by atoms with E-state index >= 15 is 0 Å². The van der Waals surface area contributed by atoms with E-state index in [1.54, 1.807) is 11.3 Å². The first-order chi connectivity index (χ1) is 8.69. The molecule has 0 amide bonds. The highest BCUT2D eigenvalue weighted by Crippen LogP contribution is 2.22. The van der Waals surface area contributed by atoms with Gasteiger partial charge in [0.1, 0.15) is 0 Å². The molecule has 2 heterocycles. The third-order valence-corrected chi connectivity index (χ3v) is 3.79. The van der Waals surface area contributed by atoms with Crippen molar-refractivity contribution in [2.75, 3.05) is 0 Å². The van der Waals surface area contributed by atoms with Crippen LogP contribution in [0.4, 0.5) is 0 Å². The van der Waals surface area contributed by atoms with Gasteiger partial charge in [0.15, 0.2) is 0 Å². The monoisotopic (exact) mass is 261 g/mol. The summed E-state index contributed by atoms with van der Waals surface area (Å²) in [7, 11) is 0. The van der Waals surface area contributed by atoms with Crippen LogP contribution in [-0.4, -0.2) is 9.97 Å². The van der Waals surface area contributed by atoms with E-state index in [4.69, 9.17) is 10.7 Å². The van der Waals surface area contributed by atoms with Gasteiger partial charge in [0.05, 0.1) is 10.7 Å². The predicted molar refractivity (Wildman–Crippen MR) is 75.6 cm³/mol. The summed E-state index contributed by atoms with van der Waals surface area (Å²) in [6.45, 7) is 5.00. The summed E-state index contributed by atoms with van der Waals surface area (Å²) in [5.74, 6) is 0.611. The van der Waals surface area contributed by atoms with Crippen molar-refractivity contribution in [1.82, 2.24) is 9.97 Å². The Hall–Kier alpha value is -1.26. The van der Waals surface area contributed by atoms with Crippen LogP contribution in [-0.2, 0) is 19.4 Å². The Kier molecular flexibility index (Phi) is 4.44. The van der Waals surface area contributed by atoms with E-state index in [1.165, 1.54) is 10.6 Å². The maximum absolute atomic E-state index is 5.79. The van der Waals surface area contributed by atoms with Crippen molar-refractivity contribution in [2.24, 2.45) is 11.7 Å². The number of nitrogens with two attached hydrogens (primary N) is 1. The number of hydrogen-bond acceptors (Lipinski definition) is 4. The zero-order valence-corrected chi connectivity index (χ0v) is 11.7. The van der Waals surface area contributed by atoms with Gasteiger partial charge in [-0.15, -0.1) is 11.3 Å². The van der Waals surface area contributed by atoms with Crippen LogP contribution in [0.2, 0.25) is 0 Å². The molecule has 2 aromatic heterocycles. The second-order valence-corrected chi connectivity index (χ2v) is 5.95. The van der Waals surface area contributed by atoms with Crippen LogP contribution in [0.1, 0.15) is 35.1 Å². The van der Waals surface area contributed by atoms with Gasteiger partial charge in [-0.25, -0.2) is 4.98 Å². The van der Waals surface area contributed by atoms with Crippen molar-refractivity contribution in [3.8, 4) is 0 Å². The molecule has 4 heteroatoms. The molecule has 2 N–H and O–H groups in total. The molecule has 2 rings (SSSR count). The molecule has 96 valence electrons. The molecule has 0 aliphatic carbocycles. The van der Waals surface area contributed by atoms with Crippen molar-refractivity contribution >= 4 is 11.3 Å². The van der Waals surface area contributed by atoms with Gasteiger partial charge in [-0.1, -0.05) is 19.9 Å². The van der Waals surface area contributed by atoms with Crippen molar-refractivity contribution in [2.45, 2.75) is 33.2 Å². The quantitative estimate of drug-likeness (QED) is 0.900. The molecule has 0 spiro atoms. The lowest BCUT2D eigenvalue weighted by atomic mass is 10.1. The normalized spacial score (nSPS) is 11.1. The Morgan fingerprint density at radius 2 is 2.17 bits per heavy atom. The summed E-state index contributed by atoms with van der Waals surface area (Å²) in [6, 6.07) is 5.97. The van der Waals surface area contributed by atoms with Crippen LogP contribution < -0.4 is 5.73 Å². The maximum Gasteiger partial charge on any atom is 0.0991 e. The molecule has 0 bridgehead atoms. The van der Waals surface area contributed by atoms with Gasteiger partial charge in [-0.3, -0.25) is 4.98 Å². The molecule has 0 aromatic carbocycles. The third-order valence-electron chi connectivity index (χ3n) is 2.67. The van der Waals surface area contributed by atoms with Crippen LogP contribution in [0, 0.1) is 5.92 Å². The van der Waals surface area contributed by atoms with Crippen molar-refractivity contribution in [3.63, 3.8) is 0 Å². The van der Waals surface area contributed by atoms with Crippen LogP contribution in [0.25, 0.3) is 0 Å². The molecule has 0 saturated heterocycles. The van der Waals surface area contributed by atoms with Gasteiger partial charge in [0.2, 0.25) is 0 Å². The SMILES string of the molecule is CC(C)Cc1nc(Cc2ccccn2)sc1CN. The summed E-state index contributed by atoms with van der Waals surface area (Å²) in [6.07, 6.45) is 3.63. The molecule has 0 radical (unpaired) electrons. The third kappa shape index (κ3) is 3.37. The van der Waals surface area contributed by atoms with E-state index in [9.17, 15) is 0 Å². The minimum Gasteiger partial charge on any atom is -0.326 e. The fourth-order valence-electron chi connectivity index (χ4n) is 1.88. The summed E-state index contributed by atoms with van der Waals surface area (Å²) < 4.78 is 0. The van der Waals surface area contributed by atoms with Crippen LogP contribution >= 0.6 is 11.3 Å². The molecular formula is C14H19N3S. The molecule has 18 heavy (non-hydrogen) atoms. The van der Waals surface area contributed by atoms with E-state index in [-0.39, 0.29) is 0 Å².